The third-order valence-corrected chi connectivity index (χ3v) is 6.44. The Morgan fingerprint density at radius 2 is 1.25 bits per heavy atom. The highest BCUT2D eigenvalue weighted by Gasteiger charge is 2.21. The highest BCUT2D eigenvalue weighted by molar-refractivity contribution is 6.71. The van der Waals surface area contributed by atoms with E-state index in [0.29, 0.717) is 0 Å². The van der Waals surface area contributed by atoms with Crippen molar-refractivity contribution in [3.63, 3.8) is 0 Å². The van der Waals surface area contributed by atoms with Crippen LogP contribution in [0.15, 0.2) is 0 Å². The van der Waals surface area contributed by atoms with Crippen molar-refractivity contribution in [3.05, 3.63) is 0 Å². The Labute approximate surface area is 129 Å². The van der Waals surface area contributed by atoms with Crippen molar-refractivity contribution in [3.8, 4) is 0 Å². The number of unbranched alkanes of at least 4 members (excludes halogenated alkanes) is 3. The van der Waals surface area contributed by atoms with Gasteiger partial charge in [-0.1, -0.05) is 40.0 Å². The third kappa shape index (κ3) is 11.9. The Balaban J connectivity index is 3.88. The lowest BCUT2D eigenvalue weighted by Crippen LogP contribution is -2.33. The normalized spacial score (nSPS) is 12.3. The lowest BCUT2D eigenvalue weighted by atomic mass is 10.2. The minimum absolute atomic E-state index is 0.977. The van der Waals surface area contributed by atoms with Crippen molar-refractivity contribution in [1.82, 2.24) is 4.90 Å². The van der Waals surface area contributed by atoms with Gasteiger partial charge in [-0.15, -0.1) is 0 Å². The fourth-order valence-corrected chi connectivity index (χ4v) is 4.24. The third-order valence-electron chi connectivity index (χ3n) is 3.90. The van der Waals surface area contributed by atoms with E-state index >= 15 is 0 Å². The summed E-state index contributed by atoms with van der Waals surface area (Å²) in [5.74, 6) is 0. The van der Waals surface area contributed by atoms with Crippen molar-refractivity contribution < 1.29 is 4.43 Å². The van der Waals surface area contributed by atoms with Crippen LogP contribution in [0.2, 0.25) is 19.1 Å². The lowest BCUT2D eigenvalue weighted by Gasteiger charge is -2.26. The molecular formula is C17H39NOSi. The van der Waals surface area contributed by atoms with Crippen molar-refractivity contribution >= 4 is 8.32 Å². The van der Waals surface area contributed by atoms with E-state index < -0.39 is 8.32 Å². The summed E-state index contributed by atoms with van der Waals surface area (Å²) in [6.45, 7) is 16.4. The molecule has 0 aromatic rings. The Morgan fingerprint density at radius 3 is 1.75 bits per heavy atom. The van der Waals surface area contributed by atoms with E-state index in [1.165, 1.54) is 70.6 Å². The molecule has 0 bridgehead atoms. The fourth-order valence-electron chi connectivity index (χ4n) is 2.39. The van der Waals surface area contributed by atoms with E-state index in [0.717, 1.165) is 6.61 Å². The summed E-state index contributed by atoms with van der Waals surface area (Å²) in [6.07, 6.45) is 9.09. The Morgan fingerprint density at radius 1 is 0.750 bits per heavy atom. The molecule has 0 saturated heterocycles. The predicted molar refractivity (Wildman–Crippen MR) is 94.0 cm³/mol. The van der Waals surface area contributed by atoms with Gasteiger partial charge in [0.1, 0.15) is 0 Å². The molecule has 0 radical (unpaired) electrons. The molecule has 0 saturated carbocycles. The molecule has 0 atom stereocenters. The molecule has 0 aromatic carbocycles. The van der Waals surface area contributed by atoms with Crippen LogP contribution < -0.4 is 0 Å². The highest BCUT2D eigenvalue weighted by atomic mass is 28.4. The summed E-state index contributed by atoms with van der Waals surface area (Å²) >= 11 is 0. The number of hydrogen-bond donors (Lipinski definition) is 0. The van der Waals surface area contributed by atoms with E-state index in [2.05, 4.69) is 38.8 Å². The summed E-state index contributed by atoms with van der Waals surface area (Å²) in [5.41, 5.74) is 0. The molecule has 20 heavy (non-hydrogen) atoms. The van der Waals surface area contributed by atoms with Crippen molar-refractivity contribution in [1.29, 1.82) is 0 Å². The highest BCUT2D eigenvalue weighted by Crippen LogP contribution is 2.15. The van der Waals surface area contributed by atoms with Crippen molar-refractivity contribution in [2.45, 2.75) is 84.9 Å². The molecule has 0 aliphatic rings. The molecule has 0 amide bonds. The fraction of sp³-hybridized carbons (Fsp3) is 1.00. The molecule has 0 aliphatic heterocycles. The van der Waals surface area contributed by atoms with Crippen molar-refractivity contribution in [2.24, 2.45) is 0 Å². The SMILES string of the molecule is CCCCO[Si](C)(C)CCCN(CCCC)CCCC. The second kappa shape index (κ2) is 12.8. The zero-order valence-electron chi connectivity index (χ0n) is 14.8. The molecule has 0 aliphatic carbocycles. The molecular weight excluding hydrogens is 262 g/mol. The summed E-state index contributed by atoms with van der Waals surface area (Å²) < 4.78 is 6.13. The summed E-state index contributed by atoms with van der Waals surface area (Å²) in [6, 6.07) is 1.31. The van der Waals surface area contributed by atoms with Crippen molar-refractivity contribution in [2.75, 3.05) is 26.2 Å². The average molecular weight is 302 g/mol. The minimum atomic E-state index is -1.40. The number of nitrogens with zero attached hydrogens (tertiary/aromatic N) is 1. The van der Waals surface area contributed by atoms with E-state index in [4.69, 9.17) is 4.43 Å². The van der Waals surface area contributed by atoms with Gasteiger partial charge < -0.3 is 9.33 Å². The van der Waals surface area contributed by atoms with Crippen LogP contribution in [-0.2, 0) is 4.43 Å². The van der Waals surface area contributed by atoms with Gasteiger partial charge in [0.25, 0.3) is 0 Å². The molecule has 3 heteroatoms. The summed E-state index contributed by atoms with van der Waals surface area (Å²) in [7, 11) is -1.40. The summed E-state index contributed by atoms with van der Waals surface area (Å²) in [4.78, 5) is 2.67. The molecule has 0 unspecified atom stereocenters. The lowest BCUT2D eigenvalue weighted by molar-refractivity contribution is 0.260. The number of rotatable bonds is 14. The van der Waals surface area contributed by atoms with Gasteiger partial charge in [0.05, 0.1) is 0 Å². The Hall–Kier alpha value is 0.137. The van der Waals surface area contributed by atoms with Gasteiger partial charge >= 0.3 is 0 Å². The maximum Gasteiger partial charge on any atom is 0.186 e. The molecule has 0 rings (SSSR count). The molecule has 0 heterocycles. The van der Waals surface area contributed by atoms with E-state index in [1.807, 2.05) is 0 Å². The standard InChI is InChI=1S/C17H39NOSi/c1-6-9-13-18(14-10-7-2)15-12-17-20(4,5)19-16-11-8-3/h6-17H2,1-5H3. The Kier molecular flexibility index (Phi) is 12.9. The summed E-state index contributed by atoms with van der Waals surface area (Å²) in [5, 5.41) is 0. The second-order valence-electron chi connectivity index (χ2n) is 6.61. The van der Waals surface area contributed by atoms with Gasteiger partial charge in [-0.25, -0.2) is 0 Å². The van der Waals surface area contributed by atoms with Crippen LogP contribution in [0, 0.1) is 0 Å². The quantitative estimate of drug-likeness (QED) is 0.319. The van der Waals surface area contributed by atoms with Gasteiger partial charge in [-0.05, 0) is 64.5 Å². The topological polar surface area (TPSA) is 12.5 Å². The maximum atomic E-state index is 6.13. The first-order valence-corrected chi connectivity index (χ1v) is 12.0. The Bertz CT molecular complexity index is 201. The van der Waals surface area contributed by atoms with Crippen LogP contribution in [0.4, 0.5) is 0 Å². The van der Waals surface area contributed by atoms with Crippen LogP contribution in [0.5, 0.6) is 0 Å². The van der Waals surface area contributed by atoms with Crippen LogP contribution in [0.3, 0.4) is 0 Å². The minimum Gasteiger partial charge on any atom is -0.417 e. The van der Waals surface area contributed by atoms with Gasteiger partial charge in [0, 0.05) is 6.61 Å². The van der Waals surface area contributed by atoms with Crippen LogP contribution in [0.25, 0.3) is 0 Å². The van der Waals surface area contributed by atoms with Gasteiger partial charge in [-0.3, -0.25) is 0 Å². The van der Waals surface area contributed by atoms with Crippen LogP contribution in [0.1, 0.15) is 65.7 Å². The average Bonchev–Trinajstić information content (AvgIpc) is 2.41. The van der Waals surface area contributed by atoms with E-state index in [1.54, 1.807) is 0 Å². The first-order valence-electron chi connectivity index (χ1n) is 8.92. The first-order chi connectivity index (χ1) is 9.55. The second-order valence-corrected chi connectivity index (χ2v) is 10.9. The molecule has 2 nitrogen and oxygen atoms in total. The van der Waals surface area contributed by atoms with E-state index in [9.17, 15) is 0 Å². The first kappa shape index (κ1) is 20.1. The zero-order valence-corrected chi connectivity index (χ0v) is 15.8. The molecule has 0 N–H and O–H groups in total. The molecule has 0 aromatic heterocycles. The van der Waals surface area contributed by atoms with Gasteiger partial charge in [0.15, 0.2) is 8.32 Å². The van der Waals surface area contributed by atoms with E-state index in [-0.39, 0.29) is 0 Å². The maximum absolute atomic E-state index is 6.13. The van der Waals surface area contributed by atoms with Gasteiger partial charge in [0.2, 0.25) is 0 Å². The van der Waals surface area contributed by atoms with Crippen LogP contribution >= 0.6 is 0 Å². The smallest absolute Gasteiger partial charge is 0.186 e. The molecule has 0 spiro atoms. The zero-order chi connectivity index (χ0) is 15.3. The largest absolute Gasteiger partial charge is 0.417 e. The predicted octanol–water partition coefficient (Wildman–Crippen LogP) is 5.30. The molecule has 122 valence electrons. The monoisotopic (exact) mass is 301 g/mol. The number of hydrogen-bond acceptors (Lipinski definition) is 2. The van der Waals surface area contributed by atoms with Gasteiger partial charge in [-0.2, -0.15) is 0 Å². The molecule has 0 fully saturated rings. The van der Waals surface area contributed by atoms with Crippen LogP contribution in [-0.4, -0.2) is 39.5 Å².